The van der Waals surface area contributed by atoms with Crippen molar-refractivity contribution in [3.8, 4) is 0 Å². The lowest BCUT2D eigenvalue weighted by molar-refractivity contribution is -0.142. The number of aryl methyl sites for hydroxylation is 1. The van der Waals surface area contributed by atoms with Crippen molar-refractivity contribution in [2.75, 3.05) is 0 Å². The van der Waals surface area contributed by atoms with Crippen LogP contribution in [-0.2, 0) is 20.9 Å². The molecular formula is C20H28N2O4. The van der Waals surface area contributed by atoms with Crippen molar-refractivity contribution in [3.63, 3.8) is 0 Å². The molecule has 0 saturated carbocycles. The highest BCUT2D eigenvalue weighted by Gasteiger charge is 2.33. The van der Waals surface area contributed by atoms with Crippen LogP contribution in [0.2, 0.25) is 0 Å². The number of carbonyl (C=O) groups is 3. The standard InChI is InChI=1S/C20H28N2O4/c1-13(2)9-17(20(25)26)21-18(23)11-16-7-8-19(24)22(16)12-15-6-4-5-14(3)10-15/h4-6,10,13,16-17H,7-9,11-12H2,1-3H3,(H,21,23)(H,25,26)/t16?,17-/m0/s1. The molecule has 26 heavy (non-hydrogen) atoms. The number of likely N-dealkylation sites (tertiary alicyclic amines) is 1. The number of aliphatic carboxylic acids is 1. The molecule has 2 rings (SSSR count). The third-order valence-corrected chi connectivity index (χ3v) is 4.65. The van der Waals surface area contributed by atoms with Crippen LogP contribution in [0.15, 0.2) is 24.3 Å². The van der Waals surface area contributed by atoms with Gasteiger partial charge in [-0.25, -0.2) is 4.79 Å². The number of carbonyl (C=O) groups excluding carboxylic acids is 2. The summed E-state index contributed by atoms with van der Waals surface area (Å²) in [6.07, 6.45) is 1.58. The number of benzene rings is 1. The summed E-state index contributed by atoms with van der Waals surface area (Å²) in [7, 11) is 0. The number of nitrogens with zero attached hydrogens (tertiary/aromatic N) is 1. The zero-order valence-corrected chi connectivity index (χ0v) is 15.7. The Morgan fingerprint density at radius 1 is 1.35 bits per heavy atom. The van der Waals surface area contributed by atoms with Crippen LogP contribution in [0.5, 0.6) is 0 Å². The minimum Gasteiger partial charge on any atom is -0.480 e. The highest BCUT2D eigenvalue weighted by molar-refractivity contribution is 5.85. The van der Waals surface area contributed by atoms with Gasteiger partial charge in [-0.3, -0.25) is 9.59 Å². The first kappa shape index (κ1) is 19.9. The molecule has 1 aliphatic heterocycles. The van der Waals surface area contributed by atoms with Gasteiger partial charge in [0.25, 0.3) is 0 Å². The molecule has 0 bridgehead atoms. The van der Waals surface area contributed by atoms with Gasteiger partial charge < -0.3 is 15.3 Å². The lowest BCUT2D eigenvalue weighted by Gasteiger charge is -2.25. The van der Waals surface area contributed by atoms with Crippen molar-refractivity contribution in [2.45, 2.75) is 65.1 Å². The summed E-state index contributed by atoms with van der Waals surface area (Å²) in [5, 5.41) is 11.9. The van der Waals surface area contributed by atoms with E-state index in [1.165, 1.54) is 0 Å². The van der Waals surface area contributed by atoms with E-state index in [1.54, 1.807) is 4.90 Å². The van der Waals surface area contributed by atoms with Crippen molar-refractivity contribution in [1.29, 1.82) is 0 Å². The number of nitrogens with one attached hydrogen (secondary N) is 1. The molecule has 2 amide bonds. The second-order valence-corrected chi connectivity index (χ2v) is 7.50. The molecule has 2 atom stereocenters. The normalized spacial score (nSPS) is 18.2. The van der Waals surface area contributed by atoms with E-state index in [-0.39, 0.29) is 30.2 Å². The van der Waals surface area contributed by atoms with E-state index >= 15 is 0 Å². The van der Waals surface area contributed by atoms with Crippen molar-refractivity contribution < 1.29 is 19.5 Å². The van der Waals surface area contributed by atoms with E-state index in [0.29, 0.717) is 25.8 Å². The second-order valence-electron chi connectivity index (χ2n) is 7.50. The molecule has 0 aromatic heterocycles. The van der Waals surface area contributed by atoms with E-state index < -0.39 is 12.0 Å². The van der Waals surface area contributed by atoms with E-state index in [2.05, 4.69) is 5.32 Å². The molecule has 1 aliphatic rings. The van der Waals surface area contributed by atoms with Gasteiger partial charge in [0.05, 0.1) is 0 Å². The second kappa shape index (κ2) is 8.83. The smallest absolute Gasteiger partial charge is 0.326 e. The number of carboxylic acid groups (broad SMARTS) is 1. The molecular weight excluding hydrogens is 332 g/mol. The maximum absolute atomic E-state index is 12.3. The van der Waals surface area contributed by atoms with Crippen LogP contribution in [0.1, 0.15) is 50.7 Å². The molecule has 2 N–H and O–H groups in total. The van der Waals surface area contributed by atoms with Gasteiger partial charge in [-0.1, -0.05) is 43.7 Å². The first-order valence-corrected chi connectivity index (χ1v) is 9.13. The van der Waals surface area contributed by atoms with Gasteiger partial charge in [-0.05, 0) is 31.2 Å². The van der Waals surface area contributed by atoms with Crippen LogP contribution in [-0.4, -0.2) is 39.9 Å². The molecule has 0 aliphatic carbocycles. The van der Waals surface area contributed by atoms with Crippen molar-refractivity contribution >= 4 is 17.8 Å². The van der Waals surface area contributed by atoms with Crippen LogP contribution >= 0.6 is 0 Å². The molecule has 1 aromatic carbocycles. The molecule has 142 valence electrons. The van der Waals surface area contributed by atoms with Crippen molar-refractivity contribution in [2.24, 2.45) is 5.92 Å². The predicted octanol–water partition coefficient (Wildman–Crippen LogP) is 2.49. The molecule has 1 aromatic rings. The Labute approximate surface area is 154 Å². The zero-order chi connectivity index (χ0) is 19.3. The molecule has 6 nitrogen and oxygen atoms in total. The van der Waals surface area contributed by atoms with Gasteiger partial charge >= 0.3 is 5.97 Å². The average molecular weight is 360 g/mol. The first-order valence-electron chi connectivity index (χ1n) is 9.13. The van der Waals surface area contributed by atoms with Crippen LogP contribution in [0.25, 0.3) is 0 Å². The SMILES string of the molecule is Cc1cccc(CN2C(=O)CCC2CC(=O)N[C@@H](CC(C)C)C(=O)O)c1. The monoisotopic (exact) mass is 360 g/mol. The van der Waals surface area contributed by atoms with Gasteiger partial charge in [0.1, 0.15) is 6.04 Å². The Morgan fingerprint density at radius 2 is 2.08 bits per heavy atom. The third-order valence-electron chi connectivity index (χ3n) is 4.65. The fourth-order valence-corrected chi connectivity index (χ4v) is 3.39. The summed E-state index contributed by atoms with van der Waals surface area (Å²) in [6, 6.07) is 6.89. The quantitative estimate of drug-likeness (QED) is 0.746. The Bertz CT molecular complexity index is 672. The van der Waals surface area contributed by atoms with Crippen molar-refractivity contribution in [3.05, 3.63) is 35.4 Å². The number of hydrogen-bond donors (Lipinski definition) is 2. The average Bonchev–Trinajstić information content (AvgIpc) is 2.87. The highest BCUT2D eigenvalue weighted by Crippen LogP contribution is 2.24. The summed E-state index contributed by atoms with van der Waals surface area (Å²) >= 11 is 0. The Morgan fingerprint density at radius 3 is 2.69 bits per heavy atom. The van der Waals surface area contributed by atoms with Gasteiger partial charge in [0.15, 0.2) is 0 Å². The summed E-state index contributed by atoms with van der Waals surface area (Å²) in [4.78, 5) is 37.6. The fourth-order valence-electron chi connectivity index (χ4n) is 3.39. The molecule has 1 unspecified atom stereocenters. The van der Waals surface area contributed by atoms with Crippen LogP contribution in [0.4, 0.5) is 0 Å². The van der Waals surface area contributed by atoms with Crippen LogP contribution < -0.4 is 5.32 Å². The van der Waals surface area contributed by atoms with E-state index in [1.807, 2.05) is 45.0 Å². The molecule has 1 heterocycles. The topological polar surface area (TPSA) is 86.7 Å². The molecule has 6 heteroatoms. The number of rotatable bonds is 8. The molecule has 1 saturated heterocycles. The third kappa shape index (κ3) is 5.58. The van der Waals surface area contributed by atoms with Gasteiger partial charge in [0, 0.05) is 25.4 Å². The maximum Gasteiger partial charge on any atom is 0.326 e. The summed E-state index contributed by atoms with van der Waals surface area (Å²) < 4.78 is 0. The van der Waals surface area contributed by atoms with Crippen LogP contribution in [0, 0.1) is 12.8 Å². The minimum absolute atomic E-state index is 0.0428. The van der Waals surface area contributed by atoms with Gasteiger partial charge in [-0.15, -0.1) is 0 Å². The molecule has 1 fully saturated rings. The van der Waals surface area contributed by atoms with Gasteiger partial charge in [0.2, 0.25) is 11.8 Å². The Kier molecular flexibility index (Phi) is 6.77. The van der Waals surface area contributed by atoms with Gasteiger partial charge in [-0.2, -0.15) is 0 Å². The van der Waals surface area contributed by atoms with E-state index in [4.69, 9.17) is 0 Å². The fraction of sp³-hybridized carbons (Fsp3) is 0.550. The van der Waals surface area contributed by atoms with E-state index in [0.717, 1.165) is 11.1 Å². The maximum atomic E-state index is 12.3. The lowest BCUT2D eigenvalue weighted by Crippen LogP contribution is -2.44. The largest absolute Gasteiger partial charge is 0.480 e. The Balaban J connectivity index is 1.99. The molecule has 0 spiro atoms. The highest BCUT2D eigenvalue weighted by atomic mass is 16.4. The first-order chi connectivity index (χ1) is 12.3. The zero-order valence-electron chi connectivity index (χ0n) is 15.7. The lowest BCUT2D eigenvalue weighted by atomic mass is 10.0. The van der Waals surface area contributed by atoms with Crippen LogP contribution in [0.3, 0.4) is 0 Å². The minimum atomic E-state index is -1.02. The van der Waals surface area contributed by atoms with E-state index in [9.17, 15) is 19.5 Å². The van der Waals surface area contributed by atoms with Crippen molar-refractivity contribution in [1.82, 2.24) is 10.2 Å². The number of amides is 2. The Hall–Kier alpha value is -2.37. The predicted molar refractivity (Wildman–Crippen MR) is 98.4 cm³/mol. The summed E-state index contributed by atoms with van der Waals surface area (Å²) in [6.45, 7) is 6.32. The molecule has 0 radical (unpaired) electrons. The number of carboxylic acids is 1. The number of hydrogen-bond acceptors (Lipinski definition) is 3. The summed E-state index contributed by atoms with van der Waals surface area (Å²) in [5.41, 5.74) is 2.16. The summed E-state index contributed by atoms with van der Waals surface area (Å²) in [5.74, 6) is -1.12.